The van der Waals surface area contributed by atoms with Crippen LogP contribution in [0.4, 0.5) is 4.79 Å². The Labute approximate surface area is 164 Å². The second-order valence-electron chi connectivity index (χ2n) is 11.2. The predicted octanol–water partition coefficient (Wildman–Crippen LogP) is 5.20. The first-order valence-corrected chi connectivity index (χ1v) is 11.1. The van der Waals surface area contributed by atoms with Crippen molar-refractivity contribution in [2.24, 2.45) is 28.6 Å². The van der Waals surface area contributed by atoms with Crippen molar-refractivity contribution >= 4 is 11.9 Å². The molecule has 0 bridgehead atoms. The zero-order valence-electron chi connectivity index (χ0n) is 17.8. The van der Waals surface area contributed by atoms with E-state index in [1.165, 1.54) is 6.42 Å². The van der Waals surface area contributed by atoms with Crippen LogP contribution in [0.25, 0.3) is 0 Å². The summed E-state index contributed by atoms with van der Waals surface area (Å²) in [6, 6.07) is 0.295. The van der Waals surface area contributed by atoms with Crippen molar-refractivity contribution in [1.82, 2.24) is 4.90 Å². The van der Waals surface area contributed by atoms with E-state index in [1.807, 2.05) is 20.8 Å². The van der Waals surface area contributed by atoms with Gasteiger partial charge >= 0.3 is 6.09 Å². The van der Waals surface area contributed by atoms with Gasteiger partial charge in [0.05, 0.1) is 0 Å². The van der Waals surface area contributed by atoms with Gasteiger partial charge in [-0.2, -0.15) is 0 Å². The Hall–Kier alpha value is -1.06. The van der Waals surface area contributed by atoms with Gasteiger partial charge < -0.3 is 9.64 Å². The van der Waals surface area contributed by atoms with Gasteiger partial charge in [-0.1, -0.05) is 13.8 Å². The molecule has 0 unspecified atom stereocenters. The fraction of sp³-hybridized carbons (Fsp3) is 0.913. The smallest absolute Gasteiger partial charge is 0.410 e. The van der Waals surface area contributed by atoms with Crippen LogP contribution in [0.1, 0.15) is 86.0 Å². The number of amides is 1. The average Bonchev–Trinajstić information content (AvgIpc) is 2.87. The summed E-state index contributed by atoms with van der Waals surface area (Å²) in [4.78, 5) is 27.5. The Morgan fingerprint density at radius 2 is 1.81 bits per heavy atom. The van der Waals surface area contributed by atoms with Crippen LogP contribution in [-0.2, 0) is 9.53 Å². The maximum atomic E-state index is 12.9. The number of likely N-dealkylation sites (tertiary alicyclic amines) is 1. The van der Waals surface area contributed by atoms with Gasteiger partial charge in [-0.3, -0.25) is 4.79 Å². The highest BCUT2D eigenvalue weighted by molar-refractivity contribution is 5.87. The molecule has 4 heteroatoms. The molecular weight excluding hydrogens is 338 g/mol. The number of hydrogen-bond acceptors (Lipinski definition) is 3. The SMILES string of the molecule is CC(C)(C)OC(=O)N1CCC[C@]2(C)[C@H]3CC[C@]4(C)C(=O)CC[C@H]4[C@@H]3CC[C@@H]12. The van der Waals surface area contributed by atoms with Gasteiger partial charge in [-0.05, 0) is 88.9 Å². The Balaban J connectivity index is 1.58. The van der Waals surface area contributed by atoms with E-state index in [9.17, 15) is 9.59 Å². The predicted molar refractivity (Wildman–Crippen MR) is 105 cm³/mol. The number of carbonyl (C=O) groups excluding carboxylic acids is 2. The molecule has 0 N–H and O–H groups in total. The van der Waals surface area contributed by atoms with E-state index in [1.54, 1.807) is 0 Å². The molecule has 1 saturated heterocycles. The van der Waals surface area contributed by atoms with Crippen molar-refractivity contribution in [2.75, 3.05) is 6.54 Å². The van der Waals surface area contributed by atoms with E-state index in [0.717, 1.165) is 51.5 Å². The molecule has 4 nitrogen and oxygen atoms in total. The minimum absolute atomic E-state index is 0.0656. The molecule has 0 aromatic heterocycles. The molecule has 6 atom stereocenters. The van der Waals surface area contributed by atoms with Crippen LogP contribution < -0.4 is 0 Å². The number of hydrogen-bond donors (Lipinski definition) is 0. The van der Waals surface area contributed by atoms with Crippen molar-refractivity contribution in [2.45, 2.75) is 97.6 Å². The number of ether oxygens (including phenoxy) is 1. The first-order valence-electron chi connectivity index (χ1n) is 11.1. The maximum absolute atomic E-state index is 12.9. The number of rotatable bonds is 0. The van der Waals surface area contributed by atoms with Gasteiger partial charge in [0.25, 0.3) is 0 Å². The Kier molecular flexibility index (Phi) is 4.44. The lowest BCUT2D eigenvalue weighted by atomic mass is 9.47. The molecule has 0 spiro atoms. The Morgan fingerprint density at radius 1 is 1.07 bits per heavy atom. The first kappa shape index (κ1) is 19.3. The summed E-state index contributed by atoms with van der Waals surface area (Å²) >= 11 is 0. The molecule has 1 amide bonds. The number of ketones is 1. The Bertz CT molecular complexity index is 638. The standard InChI is InChI=1S/C23H37NO3/c1-21(2,3)27-20(26)24-14-6-12-22(4)17-11-13-23(5)16(8-10-19(23)25)15(17)7-9-18(22)24/h15-18H,6-14H2,1-5H3/t15-,16-,17-,18+,22+,23-/m0/s1. The van der Waals surface area contributed by atoms with E-state index < -0.39 is 5.60 Å². The van der Waals surface area contributed by atoms with E-state index in [4.69, 9.17) is 4.74 Å². The van der Waals surface area contributed by atoms with Crippen molar-refractivity contribution in [1.29, 1.82) is 0 Å². The Morgan fingerprint density at radius 3 is 2.52 bits per heavy atom. The van der Waals surface area contributed by atoms with E-state index in [2.05, 4.69) is 18.7 Å². The highest BCUT2D eigenvalue weighted by Gasteiger charge is 2.61. The maximum Gasteiger partial charge on any atom is 0.410 e. The highest BCUT2D eigenvalue weighted by atomic mass is 16.6. The zero-order valence-corrected chi connectivity index (χ0v) is 17.8. The van der Waals surface area contributed by atoms with Gasteiger partial charge in [-0.15, -0.1) is 0 Å². The number of Topliss-reactive ketones (excluding diaryl/α,β-unsaturated/α-hetero) is 1. The van der Waals surface area contributed by atoms with Crippen LogP contribution in [-0.4, -0.2) is 35.0 Å². The van der Waals surface area contributed by atoms with Gasteiger partial charge in [-0.25, -0.2) is 4.79 Å². The van der Waals surface area contributed by atoms with Crippen LogP contribution >= 0.6 is 0 Å². The summed E-state index contributed by atoms with van der Waals surface area (Å²) in [6.45, 7) is 11.3. The van der Waals surface area contributed by atoms with Crippen LogP contribution in [0.15, 0.2) is 0 Å². The molecule has 1 heterocycles. The fourth-order valence-electron chi connectivity index (χ4n) is 7.40. The van der Waals surface area contributed by atoms with Gasteiger partial charge in [0.1, 0.15) is 11.4 Å². The molecule has 0 aromatic carbocycles. The quantitative estimate of drug-likeness (QED) is 0.585. The minimum Gasteiger partial charge on any atom is -0.444 e. The summed E-state index contributed by atoms with van der Waals surface area (Å²) in [6.07, 6.45) is 8.45. The van der Waals surface area contributed by atoms with Gasteiger partial charge in [0, 0.05) is 24.4 Å². The number of piperidine rings is 1. The van der Waals surface area contributed by atoms with E-state index >= 15 is 0 Å². The zero-order chi connectivity index (χ0) is 19.6. The second-order valence-corrected chi connectivity index (χ2v) is 11.2. The molecule has 4 rings (SSSR count). The monoisotopic (exact) mass is 375 g/mol. The molecule has 27 heavy (non-hydrogen) atoms. The molecule has 3 aliphatic carbocycles. The number of nitrogens with zero attached hydrogens (tertiary/aromatic N) is 1. The van der Waals surface area contributed by atoms with Crippen LogP contribution in [0.3, 0.4) is 0 Å². The molecule has 0 aromatic rings. The highest BCUT2D eigenvalue weighted by Crippen LogP contribution is 2.63. The summed E-state index contributed by atoms with van der Waals surface area (Å²) in [7, 11) is 0. The van der Waals surface area contributed by atoms with Crippen LogP contribution in [0.5, 0.6) is 0 Å². The van der Waals surface area contributed by atoms with Crippen molar-refractivity contribution in [3.05, 3.63) is 0 Å². The van der Waals surface area contributed by atoms with Crippen LogP contribution in [0.2, 0.25) is 0 Å². The third-order valence-corrected chi connectivity index (χ3v) is 8.65. The molecule has 1 aliphatic heterocycles. The molecular formula is C23H37NO3. The lowest BCUT2D eigenvalue weighted by Gasteiger charge is -2.61. The second kappa shape index (κ2) is 6.22. The molecule has 4 aliphatic rings. The van der Waals surface area contributed by atoms with E-state index in [0.29, 0.717) is 29.6 Å². The third-order valence-electron chi connectivity index (χ3n) is 8.65. The topological polar surface area (TPSA) is 46.6 Å². The molecule has 152 valence electrons. The number of carbonyl (C=O) groups is 2. The molecule has 3 saturated carbocycles. The molecule has 0 radical (unpaired) electrons. The average molecular weight is 376 g/mol. The third kappa shape index (κ3) is 2.93. The molecule has 4 fully saturated rings. The van der Waals surface area contributed by atoms with Crippen LogP contribution in [0, 0.1) is 28.6 Å². The largest absolute Gasteiger partial charge is 0.444 e. The lowest BCUT2D eigenvalue weighted by Crippen LogP contribution is -2.62. The number of fused-ring (bicyclic) bond motifs is 5. The normalized spacial score (nSPS) is 44.3. The fourth-order valence-corrected chi connectivity index (χ4v) is 7.40. The summed E-state index contributed by atoms with van der Waals surface area (Å²) in [5.74, 6) is 2.39. The summed E-state index contributed by atoms with van der Waals surface area (Å²) in [5.41, 5.74) is -0.339. The summed E-state index contributed by atoms with van der Waals surface area (Å²) in [5, 5.41) is 0. The van der Waals surface area contributed by atoms with E-state index in [-0.39, 0.29) is 16.9 Å². The summed E-state index contributed by atoms with van der Waals surface area (Å²) < 4.78 is 5.75. The van der Waals surface area contributed by atoms with Crippen molar-refractivity contribution in [3.63, 3.8) is 0 Å². The first-order chi connectivity index (χ1) is 12.6. The minimum atomic E-state index is -0.445. The van der Waals surface area contributed by atoms with Gasteiger partial charge in [0.15, 0.2) is 0 Å². The van der Waals surface area contributed by atoms with Crippen molar-refractivity contribution in [3.8, 4) is 0 Å². The van der Waals surface area contributed by atoms with Gasteiger partial charge in [0.2, 0.25) is 0 Å². The lowest BCUT2D eigenvalue weighted by molar-refractivity contribution is -0.141. The van der Waals surface area contributed by atoms with Crippen molar-refractivity contribution < 1.29 is 14.3 Å².